The van der Waals surface area contributed by atoms with Crippen LogP contribution < -0.4 is 9.46 Å². The molecular weight excluding hydrogens is 468 g/mol. The van der Waals surface area contributed by atoms with Crippen LogP contribution >= 0.6 is 0 Å². The van der Waals surface area contributed by atoms with Gasteiger partial charge in [0.25, 0.3) is 0 Å². The third-order valence-electron chi connectivity index (χ3n) is 7.55. The molecule has 188 valence electrons. The van der Waals surface area contributed by atoms with Crippen LogP contribution in [0.1, 0.15) is 50.9 Å². The molecule has 0 atom stereocenters. The predicted octanol–water partition coefficient (Wildman–Crippen LogP) is 7.99. The number of benzene rings is 4. The fourth-order valence-corrected chi connectivity index (χ4v) is 5.64. The molecule has 4 aromatic carbocycles. The van der Waals surface area contributed by atoms with Crippen molar-refractivity contribution in [2.75, 3.05) is 0 Å². The lowest BCUT2D eigenvalue weighted by Gasteiger charge is -2.18. The summed E-state index contributed by atoms with van der Waals surface area (Å²) in [5, 5.41) is 30.6. The van der Waals surface area contributed by atoms with E-state index in [1.165, 1.54) is 0 Å². The summed E-state index contributed by atoms with van der Waals surface area (Å²) in [5.74, 6) is 0.147. The largest absolute Gasteiger partial charge is 0.618 e. The number of hydrogen-bond acceptors (Lipinski definition) is 2. The molecule has 0 unspecified atom stereocenters. The van der Waals surface area contributed by atoms with Crippen LogP contribution in [0, 0.1) is 10.4 Å². The molecule has 0 fully saturated rings. The molecule has 4 heteroatoms. The molecule has 0 N–H and O–H groups in total. The highest BCUT2D eigenvalue weighted by Gasteiger charge is 2.23. The van der Waals surface area contributed by atoms with E-state index in [4.69, 9.17) is 0 Å². The summed E-state index contributed by atoms with van der Waals surface area (Å²) < 4.78 is 2.14. The monoisotopic (exact) mass is 498 g/mol. The first kappa shape index (κ1) is 23.9. The molecule has 0 radical (unpaired) electrons. The van der Waals surface area contributed by atoms with Gasteiger partial charge in [-0.1, -0.05) is 88.4 Å². The predicted molar refractivity (Wildman–Crippen MR) is 156 cm³/mol. The quantitative estimate of drug-likeness (QED) is 0.183. The number of pyridine rings is 2. The zero-order chi connectivity index (χ0) is 26.6. The molecule has 0 aliphatic heterocycles. The van der Waals surface area contributed by atoms with Crippen LogP contribution in [0.15, 0.2) is 97.1 Å². The van der Waals surface area contributed by atoms with E-state index in [-0.39, 0.29) is 11.8 Å². The molecule has 4 nitrogen and oxygen atoms in total. The van der Waals surface area contributed by atoms with Crippen molar-refractivity contribution in [3.63, 3.8) is 0 Å². The van der Waals surface area contributed by atoms with Gasteiger partial charge in [0.15, 0.2) is 11.4 Å². The van der Waals surface area contributed by atoms with Gasteiger partial charge in [0.2, 0.25) is 11.0 Å². The van der Waals surface area contributed by atoms with E-state index in [9.17, 15) is 10.4 Å². The van der Waals surface area contributed by atoms with Crippen molar-refractivity contribution >= 4 is 32.6 Å². The van der Waals surface area contributed by atoms with Crippen molar-refractivity contribution in [2.24, 2.45) is 0 Å². The van der Waals surface area contributed by atoms with Gasteiger partial charge in [0, 0.05) is 47.2 Å². The Bertz CT molecular complexity index is 1720. The maximum atomic E-state index is 13.3. The first-order valence-electron chi connectivity index (χ1n) is 13.2. The number of fused-ring (bicyclic) bond motifs is 3. The Morgan fingerprint density at radius 2 is 0.921 bits per heavy atom. The third-order valence-corrected chi connectivity index (χ3v) is 7.55. The van der Waals surface area contributed by atoms with Crippen LogP contribution in [0.4, 0.5) is 0 Å². The highest BCUT2D eigenvalue weighted by atomic mass is 16.5. The average molecular weight is 499 g/mol. The maximum absolute atomic E-state index is 13.3. The standard InChI is InChI=1S/C34H30N2O2/c1-21(2)32-19-28(24-13-5-7-17-30(24)35(32)37)26-15-9-11-23-12-10-16-27(34(23)26)29-20-33(22(3)4)36(38)31-18-8-6-14-25(29)31/h5-22H,1-4H3. The molecule has 0 bridgehead atoms. The highest BCUT2D eigenvalue weighted by Crippen LogP contribution is 2.41. The third kappa shape index (κ3) is 3.67. The van der Waals surface area contributed by atoms with Crippen molar-refractivity contribution < 1.29 is 9.46 Å². The first-order chi connectivity index (χ1) is 18.4. The Hall–Kier alpha value is -4.44. The van der Waals surface area contributed by atoms with Crippen molar-refractivity contribution in [3.8, 4) is 22.3 Å². The van der Waals surface area contributed by atoms with Gasteiger partial charge in [-0.05, 0) is 34.0 Å². The fourth-order valence-electron chi connectivity index (χ4n) is 5.64. The van der Waals surface area contributed by atoms with Crippen molar-refractivity contribution in [2.45, 2.75) is 39.5 Å². The van der Waals surface area contributed by atoms with Gasteiger partial charge in [-0.2, -0.15) is 9.46 Å². The molecule has 0 amide bonds. The van der Waals surface area contributed by atoms with E-state index in [1.807, 2.05) is 48.5 Å². The second-order valence-electron chi connectivity index (χ2n) is 10.6. The minimum atomic E-state index is 0.0736. The van der Waals surface area contributed by atoms with Gasteiger partial charge in [0.1, 0.15) is 0 Å². The van der Waals surface area contributed by atoms with Gasteiger partial charge >= 0.3 is 0 Å². The van der Waals surface area contributed by atoms with Crippen LogP contribution in [0.5, 0.6) is 0 Å². The van der Waals surface area contributed by atoms with E-state index in [0.29, 0.717) is 11.0 Å². The number of hydrogen-bond donors (Lipinski definition) is 0. The minimum Gasteiger partial charge on any atom is -0.618 e. The Kier molecular flexibility index (Phi) is 5.76. The molecule has 0 saturated carbocycles. The molecule has 0 aliphatic rings. The lowest BCUT2D eigenvalue weighted by molar-refractivity contribution is -0.587. The Morgan fingerprint density at radius 1 is 0.500 bits per heavy atom. The van der Waals surface area contributed by atoms with Gasteiger partial charge < -0.3 is 10.4 Å². The number of para-hydroxylation sites is 2. The van der Waals surface area contributed by atoms with E-state index < -0.39 is 0 Å². The van der Waals surface area contributed by atoms with Crippen LogP contribution in [0.2, 0.25) is 0 Å². The zero-order valence-corrected chi connectivity index (χ0v) is 22.1. The second kappa shape index (κ2) is 9.14. The van der Waals surface area contributed by atoms with Gasteiger partial charge in [-0.3, -0.25) is 0 Å². The van der Waals surface area contributed by atoms with Crippen LogP contribution in [0.3, 0.4) is 0 Å². The summed E-state index contributed by atoms with van der Waals surface area (Å²) >= 11 is 0. The Labute approximate surface area is 222 Å². The molecule has 6 rings (SSSR count). The van der Waals surface area contributed by atoms with Gasteiger partial charge in [-0.25, -0.2) is 0 Å². The summed E-state index contributed by atoms with van der Waals surface area (Å²) in [4.78, 5) is 0. The highest BCUT2D eigenvalue weighted by molar-refractivity contribution is 6.12. The van der Waals surface area contributed by atoms with Crippen molar-refractivity contribution in [3.05, 3.63) is 119 Å². The molecule has 2 heterocycles. The normalized spacial score (nSPS) is 11.8. The lowest BCUT2D eigenvalue weighted by Crippen LogP contribution is -2.33. The number of aromatic nitrogens is 2. The maximum Gasteiger partial charge on any atom is 0.224 e. The summed E-state index contributed by atoms with van der Waals surface area (Å²) in [7, 11) is 0. The van der Waals surface area contributed by atoms with E-state index in [0.717, 1.165) is 64.6 Å². The van der Waals surface area contributed by atoms with Gasteiger partial charge in [-0.15, -0.1) is 0 Å². The minimum absolute atomic E-state index is 0.0736. The Morgan fingerprint density at radius 3 is 1.34 bits per heavy atom. The summed E-state index contributed by atoms with van der Waals surface area (Å²) in [5.41, 5.74) is 7.05. The molecule has 38 heavy (non-hydrogen) atoms. The second-order valence-corrected chi connectivity index (χ2v) is 10.6. The molecule has 2 aromatic heterocycles. The van der Waals surface area contributed by atoms with E-state index >= 15 is 0 Å². The van der Waals surface area contributed by atoms with Crippen molar-refractivity contribution in [1.29, 1.82) is 0 Å². The van der Waals surface area contributed by atoms with Crippen molar-refractivity contribution in [1.82, 2.24) is 0 Å². The van der Waals surface area contributed by atoms with E-state index in [1.54, 1.807) is 0 Å². The lowest BCUT2D eigenvalue weighted by atomic mass is 9.88. The molecule has 0 saturated heterocycles. The smallest absolute Gasteiger partial charge is 0.224 e. The molecule has 0 spiro atoms. The Balaban J connectivity index is 1.76. The van der Waals surface area contributed by atoms with E-state index in [2.05, 4.69) is 76.2 Å². The summed E-state index contributed by atoms with van der Waals surface area (Å²) in [6, 6.07) is 32.5. The molecule has 0 aliphatic carbocycles. The van der Waals surface area contributed by atoms with Crippen LogP contribution in [-0.2, 0) is 0 Å². The van der Waals surface area contributed by atoms with Gasteiger partial charge in [0.05, 0.1) is 10.8 Å². The SMILES string of the molecule is CC(C)c1cc(-c2cccc3cccc(-c4cc(C(C)C)[n+]([O-])c5ccccc45)c23)c2ccccc2[n+]1[O-]. The summed E-state index contributed by atoms with van der Waals surface area (Å²) in [6.07, 6.45) is 0. The number of nitrogens with zero attached hydrogens (tertiary/aromatic N) is 2. The number of rotatable bonds is 4. The topological polar surface area (TPSA) is 53.9 Å². The van der Waals surface area contributed by atoms with Crippen LogP contribution in [0.25, 0.3) is 54.8 Å². The van der Waals surface area contributed by atoms with Crippen LogP contribution in [-0.4, -0.2) is 0 Å². The fraction of sp³-hybridized carbons (Fsp3) is 0.176. The molecular formula is C34H30N2O2. The first-order valence-corrected chi connectivity index (χ1v) is 13.2. The summed E-state index contributed by atoms with van der Waals surface area (Å²) in [6.45, 7) is 8.22. The molecule has 6 aromatic rings. The zero-order valence-electron chi connectivity index (χ0n) is 22.1. The average Bonchev–Trinajstić information content (AvgIpc) is 2.93.